The van der Waals surface area contributed by atoms with Gasteiger partial charge in [-0.15, -0.1) is 11.3 Å². The molecule has 1 saturated heterocycles. The van der Waals surface area contributed by atoms with Gasteiger partial charge in [0.15, 0.2) is 0 Å². The topological polar surface area (TPSA) is 101 Å². The van der Waals surface area contributed by atoms with E-state index >= 15 is 0 Å². The second-order valence-electron chi connectivity index (χ2n) is 7.88. The molecule has 166 valence electrons. The number of likely N-dealkylation sites (tertiary alicyclic amines) is 1. The molecule has 31 heavy (non-hydrogen) atoms. The molecule has 1 aliphatic heterocycles. The third-order valence-corrected chi connectivity index (χ3v) is 7.05. The van der Waals surface area contributed by atoms with Crippen LogP contribution < -0.4 is 10.6 Å². The van der Waals surface area contributed by atoms with E-state index in [-0.39, 0.29) is 24.4 Å². The number of anilines is 1. The van der Waals surface area contributed by atoms with Crippen LogP contribution in [0, 0.1) is 0 Å². The molecule has 1 fully saturated rings. The van der Waals surface area contributed by atoms with Gasteiger partial charge in [0.1, 0.15) is 10.8 Å². The minimum Gasteiger partial charge on any atom is -0.467 e. The van der Waals surface area contributed by atoms with Crippen molar-refractivity contribution in [1.82, 2.24) is 10.2 Å². The van der Waals surface area contributed by atoms with Gasteiger partial charge in [0, 0.05) is 4.88 Å². The highest BCUT2D eigenvalue weighted by molar-refractivity contribution is 7.17. The van der Waals surface area contributed by atoms with E-state index in [1.807, 2.05) is 4.90 Å². The van der Waals surface area contributed by atoms with Crippen molar-refractivity contribution in [2.45, 2.75) is 51.1 Å². The minimum atomic E-state index is -0.411. The summed E-state index contributed by atoms with van der Waals surface area (Å²) in [5, 5.41) is 6.35. The van der Waals surface area contributed by atoms with Gasteiger partial charge in [0.2, 0.25) is 11.8 Å². The van der Waals surface area contributed by atoms with E-state index in [2.05, 4.69) is 10.6 Å². The van der Waals surface area contributed by atoms with Crippen molar-refractivity contribution in [1.29, 1.82) is 0 Å². The maximum absolute atomic E-state index is 12.8. The number of hydrogen-bond donors (Lipinski definition) is 2. The van der Waals surface area contributed by atoms with Crippen molar-refractivity contribution in [2.24, 2.45) is 0 Å². The van der Waals surface area contributed by atoms with Crippen molar-refractivity contribution in [3.63, 3.8) is 0 Å². The van der Waals surface area contributed by atoms with E-state index in [4.69, 9.17) is 9.15 Å². The number of fused-ring (bicyclic) bond motifs is 1. The van der Waals surface area contributed by atoms with Gasteiger partial charge in [0.25, 0.3) is 0 Å². The van der Waals surface area contributed by atoms with Gasteiger partial charge in [-0.25, -0.2) is 4.79 Å². The Morgan fingerprint density at radius 3 is 2.87 bits per heavy atom. The number of furan rings is 1. The summed E-state index contributed by atoms with van der Waals surface area (Å²) in [7, 11) is 1.36. The number of esters is 1. The van der Waals surface area contributed by atoms with E-state index in [1.54, 1.807) is 18.4 Å². The monoisotopic (exact) mass is 445 g/mol. The van der Waals surface area contributed by atoms with Gasteiger partial charge >= 0.3 is 5.97 Å². The molecule has 0 aromatic carbocycles. The number of methoxy groups -OCH3 is 1. The Bertz CT molecular complexity index is 953. The summed E-state index contributed by atoms with van der Waals surface area (Å²) in [6.07, 6.45) is 7.00. The van der Waals surface area contributed by atoms with Crippen LogP contribution in [0.1, 0.15) is 52.2 Å². The van der Waals surface area contributed by atoms with Crippen LogP contribution in [-0.2, 0) is 33.7 Å². The molecule has 0 bridgehead atoms. The Morgan fingerprint density at radius 1 is 1.26 bits per heavy atom. The summed E-state index contributed by atoms with van der Waals surface area (Å²) in [4.78, 5) is 40.8. The number of rotatable bonds is 7. The molecule has 2 amide bonds. The van der Waals surface area contributed by atoms with E-state index in [0.717, 1.165) is 42.5 Å². The summed E-state index contributed by atoms with van der Waals surface area (Å²) in [6.45, 7) is 1.10. The predicted molar refractivity (Wildman–Crippen MR) is 116 cm³/mol. The van der Waals surface area contributed by atoms with Crippen LogP contribution in [0.5, 0.6) is 0 Å². The van der Waals surface area contributed by atoms with E-state index in [1.165, 1.54) is 18.4 Å². The lowest BCUT2D eigenvalue weighted by Gasteiger charge is -2.22. The highest BCUT2D eigenvalue weighted by Gasteiger charge is 2.33. The fraction of sp³-hybridized carbons (Fsp3) is 0.500. The van der Waals surface area contributed by atoms with E-state index in [9.17, 15) is 14.4 Å². The molecule has 0 saturated carbocycles. The number of carbonyl (C=O) groups is 3. The standard InChI is InChI=1S/C22H27N3O5S/c1-29-22(28)19-15-7-2-3-9-17(15)31-21(19)24-18(26)13-25-10-4-8-16(25)20(27)23-12-14-6-5-11-30-14/h5-6,11,16H,2-4,7-10,12-13H2,1H3,(H,23,27)(H,24,26)/t16-/m0/s1. The average Bonchev–Trinajstić information content (AvgIpc) is 3.51. The Hall–Kier alpha value is -2.65. The summed E-state index contributed by atoms with van der Waals surface area (Å²) >= 11 is 1.46. The van der Waals surface area contributed by atoms with Gasteiger partial charge in [-0.05, 0) is 62.8 Å². The highest BCUT2D eigenvalue weighted by Crippen LogP contribution is 2.38. The van der Waals surface area contributed by atoms with Crippen molar-refractivity contribution in [2.75, 3.05) is 25.5 Å². The molecule has 2 aromatic heterocycles. The van der Waals surface area contributed by atoms with Gasteiger partial charge < -0.3 is 19.8 Å². The van der Waals surface area contributed by atoms with Crippen LogP contribution in [0.25, 0.3) is 0 Å². The van der Waals surface area contributed by atoms with Crippen LogP contribution in [0.2, 0.25) is 0 Å². The number of amides is 2. The lowest BCUT2D eigenvalue weighted by atomic mass is 9.95. The van der Waals surface area contributed by atoms with Crippen molar-refractivity contribution in [3.8, 4) is 0 Å². The number of nitrogens with zero attached hydrogens (tertiary/aromatic N) is 1. The maximum Gasteiger partial charge on any atom is 0.341 e. The fourth-order valence-electron chi connectivity index (χ4n) is 4.34. The molecule has 9 heteroatoms. The molecule has 8 nitrogen and oxygen atoms in total. The highest BCUT2D eigenvalue weighted by atomic mass is 32.1. The molecule has 0 spiro atoms. The summed E-state index contributed by atoms with van der Waals surface area (Å²) in [6, 6.07) is 3.23. The third kappa shape index (κ3) is 4.83. The van der Waals surface area contributed by atoms with Crippen LogP contribution in [0.3, 0.4) is 0 Å². The van der Waals surface area contributed by atoms with E-state index in [0.29, 0.717) is 35.8 Å². The molecule has 1 atom stereocenters. The van der Waals surface area contributed by atoms with Gasteiger partial charge in [0.05, 0.1) is 38.1 Å². The van der Waals surface area contributed by atoms with Crippen LogP contribution in [-0.4, -0.2) is 48.9 Å². The van der Waals surface area contributed by atoms with Gasteiger partial charge in [-0.2, -0.15) is 0 Å². The Morgan fingerprint density at radius 2 is 2.10 bits per heavy atom. The van der Waals surface area contributed by atoms with Crippen LogP contribution in [0.4, 0.5) is 5.00 Å². The molecule has 0 unspecified atom stereocenters. The normalized spacial score (nSPS) is 18.4. The number of thiophene rings is 1. The van der Waals surface area contributed by atoms with Gasteiger partial charge in [-0.3, -0.25) is 14.5 Å². The van der Waals surface area contributed by atoms with Crippen molar-refractivity contribution < 1.29 is 23.5 Å². The quantitative estimate of drug-likeness (QED) is 0.636. The van der Waals surface area contributed by atoms with Crippen LogP contribution >= 0.6 is 11.3 Å². The molecular weight excluding hydrogens is 418 g/mol. The molecule has 3 heterocycles. The first-order valence-electron chi connectivity index (χ1n) is 10.6. The fourth-order valence-corrected chi connectivity index (χ4v) is 5.63. The Kier molecular flexibility index (Phi) is 6.72. The molecule has 2 aliphatic rings. The first-order chi connectivity index (χ1) is 15.1. The smallest absolute Gasteiger partial charge is 0.341 e. The first-order valence-corrected chi connectivity index (χ1v) is 11.5. The zero-order valence-electron chi connectivity index (χ0n) is 17.6. The zero-order chi connectivity index (χ0) is 21.8. The van der Waals surface area contributed by atoms with E-state index < -0.39 is 5.97 Å². The second-order valence-corrected chi connectivity index (χ2v) is 8.99. The summed E-state index contributed by atoms with van der Waals surface area (Å²) in [5.41, 5.74) is 1.50. The summed E-state index contributed by atoms with van der Waals surface area (Å²) in [5.74, 6) is -0.0586. The second kappa shape index (κ2) is 9.65. The molecule has 2 aromatic rings. The largest absolute Gasteiger partial charge is 0.467 e. The Balaban J connectivity index is 1.39. The van der Waals surface area contributed by atoms with Crippen molar-refractivity contribution in [3.05, 3.63) is 40.2 Å². The SMILES string of the molecule is COC(=O)c1c(NC(=O)CN2CCC[C@H]2C(=O)NCc2ccco2)sc2c1CCCC2. The zero-order valence-corrected chi connectivity index (χ0v) is 18.4. The van der Waals surface area contributed by atoms with Crippen LogP contribution in [0.15, 0.2) is 22.8 Å². The Labute approximate surface area is 184 Å². The number of hydrogen-bond acceptors (Lipinski definition) is 7. The first kappa shape index (κ1) is 21.6. The lowest BCUT2D eigenvalue weighted by molar-refractivity contribution is -0.126. The number of ether oxygens (including phenoxy) is 1. The molecule has 4 rings (SSSR count). The average molecular weight is 446 g/mol. The number of nitrogens with one attached hydrogen (secondary N) is 2. The van der Waals surface area contributed by atoms with Crippen molar-refractivity contribution >= 4 is 34.1 Å². The predicted octanol–water partition coefficient (Wildman–Crippen LogP) is 2.73. The molecular formula is C22H27N3O5S. The van der Waals surface area contributed by atoms with Gasteiger partial charge in [-0.1, -0.05) is 0 Å². The lowest BCUT2D eigenvalue weighted by Crippen LogP contribution is -2.45. The molecule has 1 aliphatic carbocycles. The number of carbonyl (C=O) groups excluding carboxylic acids is 3. The minimum absolute atomic E-state index is 0.0992. The molecule has 0 radical (unpaired) electrons. The summed E-state index contributed by atoms with van der Waals surface area (Å²) < 4.78 is 10.2. The maximum atomic E-state index is 12.8. The third-order valence-electron chi connectivity index (χ3n) is 5.84. The molecule has 2 N–H and O–H groups in total. The number of aryl methyl sites for hydroxylation is 1.